The minimum absolute atomic E-state index is 0. The van der Waals surface area contributed by atoms with Crippen molar-refractivity contribution in [2.75, 3.05) is 13.6 Å². The molecule has 0 radical (unpaired) electrons. The zero-order chi connectivity index (χ0) is 10.6. The smallest absolute Gasteiger partial charge is 0.412 e. The summed E-state index contributed by atoms with van der Waals surface area (Å²) < 4.78 is 13.8. The van der Waals surface area contributed by atoms with Crippen molar-refractivity contribution in [3.63, 3.8) is 0 Å². The summed E-state index contributed by atoms with van der Waals surface area (Å²) >= 11 is 0. The van der Waals surface area contributed by atoms with E-state index in [1.54, 1.807) is 0 Å². The molecule has 0 aromatic rings. The maximum absolute atomic E-state index is 10.7. The number of likely N-dealkylation sites (N-methyl/N-ethyl adjacent to an activating group) is 1. The summed E-state index contributed by atoms with van der Waals surface area (Å²) in [7, 11) is -3.49. The molecule has 0 aromatic carbocycles. The lowest BCUT2D eigenvalue weighted by Gasteiger charge is -2.15. The van der Waals surface area contributed by atoms with E-state index in [1.807, 2.05) is 0 Å². The summed E-state index contributed by atoms with van der Waals surface area (Å²) in [5.41, 5.74) is 4.96. The molecule has 0 aliphatic rings. The van der Waals surface area contributed by atoms with Crippen molar-refractivity contribution in [3.8, 4) is 0 Å². The Balaban J connectivity index is -0.000000120. The summed E-state index contributed by atoms with van der Waals surface area (Å²) in [6.07, 6.45) is 0. The van der Waals surface area contributed by atoms with E-state index in [0.29, 0.717) is 0 Å². The van der Waals surface area contributed by atoms with Gasteiger partial charge in [-0.2, -0.15) is 0 Å². The quantitative estimate of drug-likeness (QED) is 0.222. The number of nitrogens with zero attached hydrogens (tertiary/aromatic N) is 1. The fraction of sp³-hybridized carbons (Fsp3) is 0.500. The maximum atomic E-state index is 10.7. The van der Waals surface area contributed by atoms with Crippen molar-refractivity contribution in [1.29, 1.82) is 5.41 Å². The van der Waals surface area contributed by atoms with Gasteiger partial charge >= 0.3 is 13.8 Å². The molecule has 0 unspecified atom stereocenters. The molecule has 0 saturated carbocycles. The molecule has 0 amide bonds. The van der Waals surface area contributed by atoms with E-state index in [1.165, 1.54) is 7.05 Å². The second-order valence-corrected chi connectivity index (χ2v) is 3.36. The van der Waals surface area contributed by atoms with E-state index in [9.17, 15) is 9.36 Å². The minimum Gasteiger partial charge on any atom is -0.412 e. The predicted molar refractivity (Wildman–Crippen MR) is 57.1 cm³/mol. The molecule has 12 nitrogen and oxygen atoms in total. The summed E-state index contributed by atoms with van der Waals surface area (Å²) in [5.74, 6) is -1.55. The first kappa shape index (κ1) is 29.6. The van der Waals surface area contributed by atoms with Gasteiger partial charge in [-0.15, -0.1) is 0 Å². The summed E-state index contributed by atoms with van der Waals surface area (Å²) in [5, 5.41) is 6.83. The lowest BCUT2D eigenvalue weighted by atomic mass is 10.6. The van der Waals surface area contributed by atoms with Gasteiger partial charge in [-0.1, -0.05) is 0 Å². The number of carbonyl (C=O) groups is 1. The first-order valence-electron chi connectivity index (χ1n) is 3.05. The van der Waals surface area contributed by atoms with Gasteiger partial charge in [0.05, 0.1) is 0 Å². The van der Waals surface area contributed by atoms with E-state index in [4.69, 9.17) is 20.9 Å². The molecule has 0 aliphatic heterocycles. The highest BCUT2D eigenvalue weighted by Gasteiger charge is 2.21. The third-order valence-corrected chi connectivity index (χ3v) is 1.44. The van der Waals surface area contributed by atoms with Gasteiger partial charge < -0.3 is 37.1 Å². The van der Waals surface area contributed by atoms with E-state index in [2.05, 4.69) is 4.52 Å². The molecular formula is C4H18N3O9P. The van der Waals surface area contributed by atoms with Crippen LogP contribution in [0.15, 0.2) is 0 Å². The number of carbonyl (C=O) groups excluding carboxylic acids is 1. The van der Waals surface area contributed by atoms with Gasteiger partial charge in [0, 0.05) is 7.05 Å². The van der Waals surface area contributed by atoms with Crippen LogP contribution >= 0.6 is 7.82 Å². The van der Waals surface area contributed by atoms with Crippen molar-refractivity contribution in [2.45, 2.75) is 0 Å². The minimum atomic E-state index is -4.80. The number of rotatable bonds is 3. The van der Waals surface area contributed by atoms with Gasteiger partial charge in [-0.25, -0.2) is 9.36 Å². The molecule has 108 valence electrons. The Morgan fingerprint density at radius 2 is 1.71 bits per heavy atom. The largest absolute Gasteiger partial charge is 0.527 e. The Bertz CT molecular complexity index is 265. The number of guanidine groups is 1. The zero-order valence-corrected chi connectivity index (χ0v) is 9.69. The lowest BCUT2D eigenvalue weighted by Crippen LogP contribution is -2.37. The number of hydrogen-bond acceptors (Lipinski definition) is 4. The van der Waals surface area contributed by atoms with E-state index in [-0.39, 0.29) is 21.9 Å². The Kier molecular flexibility index (Phi) is 19.6. The number of hydrogen-bond donors (Lipinski definition) is 4. The van der Waals surface area contributed by atoms with Crippen molar-refractivity contribution in [1.82, 2.24) is 4.90 Å². The molecule has 0 atom stereocenters. The van der Waals surface area contributed by atoms with Crippen LogP contribution in [0.25, 0.3) is 0 Å². The summed E-state index contributed by atoms with van der Waals surface area (Å²) in [4.78, 5) is 28.0. The molecule has 0 aliphatic carbocycles. The monoisotopic (exact) mass is 283 g/mol. The lowest BCUT2D eigenvalue weighted by molar-refractivity contribution is -0.135. The van der Waals surface area contributed by atoms with Gasteiger partial charge in [0.1, 0.15) is 6.54 Å². The molecule has 0 fully saturated rings. The van der Waals surface area contributed by atoms with Crippen LogP contribution in [0, 0.1) is 5.41 Å². The Labute approximate surface area is 96.0 Å². The van der Waals surface area contributed by atoms with E-state index in [0.717, 1.165) is 4.90 Å². The standard InChI is InChI=1S/C4H10N3O5P.4H2O/c1-7(4(5)6)2-3(8)12-13(9,10)11;;;;/h2H2,1H3,(H3,5,6)(H2,9,10,11);4*1H2. The number of phosphoric acid groups is 1. The highest BCUT2D eigenvalue weighted by molar-refractivity contribution is 7.46. The number of phosphoric ester groups is 1. The molecule has 0 aromatic heterocycles. The van der Waals surface area contributed by atoms with Crippen LogP contribution in [0.2, 0.25) is 0 Å². The van der Waals surface area contributed by atoms with E-state index >= 15 is 0 Å². The van der Waals surface area contributed by atoms with Crippen LogP contribution in [0.1, 0.15) is 0 Å². The Morgan fingerprint density at radius 1 is 1.35 bits per heavy atom. The predicted octanol–water partition coefficient (Wildman–Crippen LogP) is -4.85. The average molecular weight is 283 g/mol. The Morgan fingerprint density at radius 3 is 1.94 bits per heavy atom. The molecule has 0 spiro atoms. The van der Waals surface area contributed by atoms with Gasteiger partial charge in [0.25, 0.3) is 0 Å². The number of nitrogens with one attached hydrogen (secondary N) is 1. The van der Waals surface area contributed by atoms with Gasteiger partial charge in [-0.3, -0.25) is 15.2 Å². The molecule has 0 rings (SSSR count). The van der Waals surface area contributed by atoms with Crippen molar-refractivity contribution >= 4 is 19.8 Å². The second-order valence-electron chi connectivity index (χ2n) is 2.20. The maximum Gasteiger partial charge on any atom is 0.527 e. The molecule has 0 saturated heterocycles. The van der Waals surface area contributed by atoms with Crippen LogP contribution < -0.4 is 5.73 Å². The summed E-state index contributed by atoms with van der Waals surface area (Å²) in [6, 6.07) is 0. The molecule has 17 heavy (non-hydrogen) atoms. The molecule has 0 heterocycles. The van der Waals surface area contributed by atoms with Crippen molar-refractivity contribution in [3.05, 3.63) is 0 Å². The first-order chi connectivity index (χ1) is 5.72. The molecule has 13 N–H and O–H groups in total. The second kappa shape index (κ2) is 11.2. The Hall–Kier alpha value is -1.27. The van der Waals surface area contributed by atoms with Crippen LogP contribution in [-0.2, 0) is 13.9 Å². The third kappa shape index (κ3) is 17.3. The highest BCUT2D eigenvalue weighted by Crippen LogP contribution is 2.35. The first-order valence-corrected chi connectivity index (χ1v) is 4.58. The van der Waals surface area contributed by atoms with Gasteiger partial charge in [0.15, 0.2) is 5.96 Å². The summed E-state index contributed by atoms with van der Waals surface area (Å²) in [6.45, 7) is -0.486. The third-order valence-electron chi connectivity index (χ3n) is 0.998. The SMILES string of the molecule is CN(CC(=O)OP(=O)(O)O)C(=N)N.O.O.O.O. The van der Waals surface area contributed by atoms with Crippen molar-refractivity contribution < 1.29 is 45.6 Å². The average Bonchev–Trinajstić information content (AvgIpc) is 1.81. The normalized spacial score (nSPS) is 8.18. The fourth-order valence-corrected chi connectivity index (χ4v) is 0.763. The topological polar surface area (TPSA) is 263 Å². The number of nitrogens with two attached hydrogens (primary N) is 1. The zero-order valence-electron chi connectivity index (χ0n) is 8.80. The molecule has 13 heteroatoms. The molecule has 0 bridgehead atoms. The van der Waals surface area contributed by atoms with Gasteiger partial charge in [-0.05, 0) is 0 Å². The van der Waals surface area contributed by atoms with E-state index < -0.39 is 26.3 Å². The fourth-order valence-electron chi connectivity index (χ4n) is 0.440. The van der Waals surface area contributed by atoms with Crippen LogP contribution in [-0.4, -0.2) is 62.1 Å². The van der Waals surface area contributed by atoms with Crippen LogP contribution in [0.5, 0.6) is 0 Å². The molecular weight excluding hydrogens is 265 g/mol. The van der Waals surface area contributed by atoms with Gasteiger partial charge in [0.2, 0.25) is 0 Å². The highest BCUT2D eigenvalue weighted by atomic mass is 31.2. The van der Waals surface area contributed by atoms with Crippen LogP contribution in [0.3, 0.4) is 0 Å². The van der Waals surface area contributed by atoms with Crippen molar-refractivity contribution in [2.24, 2.45) is 5.73 Å². The van der Waals surface area contributed by atoms with Crippen LogP contribution in [0.4, 0.5) is 0 Å².